The van der Waals surface area contributed by atoms with Crippen molar-refractivity contribution >= 4 is 0 Å². The van der Waals surface area contributed by atoms with Crippen LogP contribution >= 0.6 is 0 Å². The molecule has 0 aliphatic heterocycles. The van der Waals surface area contributed by atoms with Gasteiger partial charge < -0.3 is 16.0 Å². The smallest absolute Gasteiger partial charge is 0.0538 e. The Balaban J connectivity index is 2.46. The van der Waals surface area contributed by atoms with Gasteiger partial charge in [-0.3, -0.25) is 4.68 Å². The Kier molecular flexibility index (Phi) is 5.45. The quantitative estimate of drug-likeness (QED) is 0.688. The highest BCUT2D eigenvalue weighted by atomic mass is 15.3. The summed E-state index contributed by atoms with van der Waals surface area (Å²) in [5.41, 5.74) is 6.93. The first kappa shape index (κ1) is 13.2. The van der Waals surface area contributed by atoms with Gasteiger partial charge in [-0.25, -0.2) is 0 Å². The molecule has 0 saturated carbocycles. The topological polar surface area (TPSA) is 59.1 Å². The van der Waals surface area contributed by atoms with E-state index in [1.807, 2.05) is 10.9 Å². The third-order valence-electron chi connectivity index (χ3n) is 2.57. The molecule has 1 aromatic rings. The van der Waals surface area contributed by atoms with Crippen LogP contribution in [0.4, 0.5) is 0 Å². The SMILES string of the molecule is CCn1cc(C(CN)NCCN(C)C)cn1. The zero-order valence-corrected chi connectivity index (χ0v) is 10.5. The lowest BCUT2D eigenvalue weighted by Gasteiger charge is -2.17. The number of rotatable bonds is 7. The van der Waals surface area contributed by atoms with E-state index < -0.39 is 0 Å². The van der Waals surface area contributed by atoms with Gasteiger partial charge >= 0.3 is 0 Å². The second kappa shape index (κ2) is 6.62. The van der Waals surface area contributed by atoms with Crippen LogP contribution in [0.25, 0.3) is 0 Å². The van der Waals surface area contributed by atoms with Gasteiger partial charge in [0.2, 0.25) is 0 Å². The van der Waals surface area contributed by atoms with E-state index in [9.17, 15) is 0 Å². The number of aromatic nitrogens is 2. The molecule has 0 radical (unpaired) electrons. The van der Waals surface area contributed by atoms with Crippen LogP contribution in [0.15, 0.2) is 12.4 Å². The van der Waals surface area contributed by atoms with Gasteiger partial charge in [0, 0.05) is 44.0 Å². The van der Waals surface area contributed by atoms with E-state index in [2.05, 4.69) is 42.5 Å². The highest BCUT2D eigenvalue weighted by molar-refractivity contribution is 5.10. The number of nitrogens with two attached hydrogens (primary N) is 1. The molecule has 0 saturated heterocycles. The van der Waals surface area contributed by atoms with Crippen molar-refractivity contribution in [1.82, 2.24) is 20.0 Å². The summed E-state index contributed by atoms with van der Waals surface area (Å²) < 4.78 is 1.92. The van der Waals surface area contributed by atoms with Crippen molar-refractivity contribution < 1.29 is 0 Å². The summed E-state index contributed by atoms with van der Waals surface area (Å²) in [5, 5.41) is 7.69. The number of nitrogens with zero attached hydrogens (tertiary/aromatic N) is 3. The zero-order chi connectivity index (χ0) is 12.0. The van der Waals surface area contributed by atoms with E-state index in [1.165, 1.54) is 5.56 Å². The first-order valence-corrected chi connectivity index (χ1v) is 5.78. The molecular formula is C11H23N5. The van der Waals surface area contributed by atoms with E-state index in [0.29, 0.717) is 6.54 Å². The molecule has 3 N–H and O–H groups in total. The molecule has 5 heteroatoms. The van der Waals surface area contributed by atoms with Crippen LogP contribution in [0.5, 0.6) is 0 Å². The fraction of sp³-hybridized carbons (Fsp3) is 0.727. The number of hydrogen-bond donors (Lipinski definition) is 2. The van der Waals surface area contributed by atoms with Gasteiger partial charge in [-0.05, 0) is 21.0 Å². The van der Waals surface area contributed by atoms with Crippen LogP contribution in [0.2, 0.25) is 0 Å². The monoisotopic (exact) mass is 225 g/mol. The Labute approximate surface area is 97.6 Å². The predicted molar refractivity (Wildman–Crippen MR) is 66.3 cm³/mol. The molecule has 1 heterocycles. The summed E-state index contributed by atoms with van der Waals surface area (Å²) in [6.07, 6.45) is 3.95. The molecule has 1 rings (SSSR count). The van der Waals surface area contributed by atoms with E-state index in [-0.39, 0.29) is 6.04 Å². The summed E-state index contributed by atoms with van der Waals surface area (Å²) in [4.78, 5) is 2.15. The largest absolute Gasteiger partial charge is 0.329 e. The van der Waals surface area contributed by atoms with E-state index in [1.54, 1.807) is 0 Å². The Bertz CT molecular complexity index is 294. The van der Waals surface area contributed by atoms with Gasteiger partial charge in [-0.2, -0.15) is 5.10 Å². The summed E-state index contributed by atoms with van der Waals surface area (Å²) in [6.45, 7) is 5.52. The Morgan fingerprint density at radius 1 is 1.56 bits per heavy atom. The van der Waals surface area contributed by atoms with Crippen LogP contribution in [0, 0.1) is 0 Å². The van der Waals surface area contributed by atoms with Gasteiger partial charge in [0.25, 0.3) is 0 Å². The van der Waals surface area contributed by atoms with Gasteiger partial charge in [0.05, 0.1) is 6.20 Å². The van der Waals surface area contributed by atoms with Crippen LogP contribution in [0.3, 0.4) is 0 Å². The highest BCUT2D eigenvalue weighted by Crippen LogP contribution is 2.09. The summed E-state index contributed by atoms with van der Waals surface area (Å²) >= 11 is 0. The molecule has 0 fully saturated rings. The van der Waals surface area contributed by atoms with Gasteiger partial charge in [0.1, 0.15) is 0 Å². The van der Waals surface area contributed by atoms with Crippen LogP contribution < -0.4 is 11.1 Å². The Hall–Kier alpha value is -0.910. The highest BCUT2D eigenvalue weighted by Gasteiger charge is 2.10. The van der Waals surface area contributed by atoms with Gasteiger partial charge in [-0.15, -0.1) is 0 Å². The Morgan fingerprint density at radius 3 is 2.81 bits per heavy atom. The Morgan fingerprint density at radius 2 is 2.31 bits per heavy atom. The normalized spacial score (nSPS) is 13.3. The van der Waals surface area contributed by atoms with Crippen molar-refractivity contribution in [3.8, 4) is 0 Å². The van der Waals surface area contributed by atoms with E-state index >= 15 is 0 Å². The van der Waals surface area contributed by atoms with Crippen molar-refractivity contribution in [2.45, 2.75) is 19.5 Å². The van der Waals surface area contributed by atoms with E-state index in [0.717, 1.165) is 19.6 Å². The van der Waals surface area contributed by atoms with Gasteiger partial charge in [-0.1, -0.05) is 0 Å². The molecule has 0 aliphatic carbocycles. The summed E-state index contributed by atoms with van der Waals surface area (Å²) in [5.74, 6) is 0. The maximum absolute atomic E-state index is 5.76. The standard InChI is InChI=1S/C11H23N5/c1-4-16-9-10(8-14-16)11(7-12)13-5-6-15(2)3/h8-9,11,13H,4-7,12H2,1-3H3. The van der Waals surface area contributed by atoms with Gasteiger partial charge in [0.15, 0.2) is 0 Å². The number of hydrogen-bond acceptors (Lipinski definition) is 4. The number of nitrogens with one attached hydrogen (secondary N) is 1. The second-order valence-corrected chi connectivity index (χ2v) is 4.18. The predicted octanol–water partition coefficient (Wildman–Crippen LogP) is 0.0540. The average Bonchev–Trinajstić information content (AvgIpc) is 2.72. The molecule has 1 unspecified atom stereocenters. The van der Waals surface area contributed by atoms with Crippen molar-refractivity contribution in [2.75, 3.05) is 33.7 Å². The molecule has 0 aliphatic rings. The first-order chi connectivity index (χ1) is 7.67. The number of aryl methyl sites for hydroxylation is 1. The average molecular weight is 225 g/mol. The van der Waals surface area contributed by atoms with Crippen molar-refractivity contribution in [3.63, 3.8) is 0 Å². The molecule has 16 heavy (non-hydrogen) atoms. The molecule has 5 nitrogen and oxygen atoms in total. The van der Waals surface area contributed by atoms with Crippen molar-refractivity contribution in [2.24, 2.45) is 5.73 Å². The third kappa shape index (κ3) is 3.92. The molecule has 0 amide bonds. The minimum atomic E-state index is 0.209. The molecule has 1 atom stereocenters. The molecule has 92 valence electrons. The van der Waals surface area contributed by atoms with Crippen LogP contribution in [-0.2, 0) is 6.54 Å². The fourth-order valence-corrected chi connectivity index (χ4v) is 1.53. The van der Waals surface area contributed by atoms with Crippen molar-refractivity contribution in [1.29, 1.82) is 0 Å². The third-order valence-corrected chi connectivity index (χ3v) is 2.57. The fourth-order valence-electron chi connectivity index (χ4n) is 1.53. The summed E-state index contributed by atoms with van der Waals surface area (Å²) in [6, 6.07) is 0.209. The maximum atomic E-state index is 5.76. The van der Waals surface area contributed by atoms with Crippen molar-refractivity contribution in [3.05, 3.63) is 18.0 Å². The zero-order valence-electron chi connectivity index (χ0n) is 10.5. The lowest BCUT2D eigenvalue weighted by Crippen LogP contribution is -2.33. The molecule has 0 spiro atoms. The molecular weight excluding hydrogens is 202 g/mol. The minimum absolute atomic E-state index is 0.209. The van der Waals surface area contributed by atoms with Crippen LogP contribution in [-0.4, -0.2) is 48.4 Å². The van der Waals surface area contributed by atoms with E-state index in [4.69, 9.17) is 5.73 Å². The first-order valence-electron chi connectivity index (χ1n) is 5.78. The lowest BCUT2D eigenvalue weighted by atomic mass is 10.1. The number of likely N-dealkylation sites (N-methyl/N-ethyl adjacent to an activating group) is 1. The minimum Gasteiger partial charge on any atom is -0.329 e. The molecule has 0 aromatic carbocycles. The summed E-state index contributed by atoms with van der Waals surface area (Å²) in [7, 11) is 4.13. The molecule has 1 aromatic heterocycles. The maximum Gasteiger partial charge on any atom is 0.0538 e. The van der Waals surface area contributed by atoms with Crippen LogP contribution in [0.1, 0.15) is 18.5 Å². The lowest BCUT2D eigenvalue weighted by molar-refractivity contribution is 0.385. The molecule has 0 bridgehead atoms. The second-order valence-electron chi connectivity index (χ2n) is 4.18.